The van der Waals surface area contributed by atoms with Crippen LogP contribution >= 0.6 is 11.3 Å². The van der Waals surface area contributed by atoms with E-state index in [0.717, 1.165) is 34.0 Å². The molecule has 0 unspecified atom stereocenters. The lowest BCUT2D eigenvalue weighted by Gasteiger charge is -2.07. The van der Waals surface area contributed by atoms with E-state index in [1.165, 1.54) is 5.56 Å². The number of nitrogens with one attached hydrogen (secondary N) is 1. The molecule has 3 nitrogen and oxygen atoms in total. The van der Waals surface area contributed by atoms with Gasteiger partial charge in [0.1, 0.15) is 0 Å². The van der Waals surface area contributed by atoms with E-state index < -0.39 is 0 Å². The summed E-state index contributed by atoms with van der Waals surface area (Å²) in [5.41, 5.74) is 4.84. The van der Waals surface area contributed by atoms with Crippen LogP contribution in [0.1, 0.15) is 29.6 Å². The molecule has 1 aliphatic carbocycles. The lowest BCUT2D eigenvalue weighted by Crippen LogP contribution is -2.13. The summed E-state index contributed by atoms with van der Waals surface area (Å²) in [6.07, 6.45) is 5.62. The van der Waals surface area contributed by atoms with E-state index in [1.807, 2.05) is 36.6 Å². The first-order valence-corrected chi connectivity index (χ1v) is 8.27. The van der Waals surface area contributed by atoms with Crippen molar-refractivity contribution in [1.29, 1.82) is 0 Å². The van der Waals surface area contributed by atoms with Crippen molar-refractivity contribution < 1.29 is 4.79 Å². The first-order valence-electron chi connectivity index (χ1n) is 7.39. The second kappa shape index (κ2) is 6.28. The number of aryl methyl sites for hydroxylation is 2. The number of carbonyl (C=O) groups is 1. The number of aromatic nitrogens is 1. The van der Waals surface area contributed by atoms with E-state index >= 15 is 0 Å². The van der Waals surface area contributed by atoms with Gasteiger partial charge in [0.15, 0.2) is 0 Å². The molecule has 1 heterocycles. The molecule has 22 heavy (non-hydrogen) atoms. The molecular formula is C18H18N2OS. The van der Waals surface area contributed by atoms with Crippen LogP contribution in [0, 0.1) is 6.92 Å². The Morgan fingerprint density at radius 2 is 2.27 bits per heavy atom. The summed E-state index contributed by atoms with van der Waals surface area (Å²) in [4.78, 5) is 16.8. The predicted molar refractivity (Wildman–Crippen MR) is 92.0 cm³/mol. The Bertz CT molecular complexity index is 771. The van der Waals surface area contributed by atoms with Crippen LogP contribution in [0.15, 0.2) is 47.4 Å². The van der Waals surface area contributed by atoms with Gasteiger partial charge in [0, 0.05) is 16.6 Å². The summed E-state index contributed by atoms with van der Waals surface area (Å²) >= 11 is 1.63. The van der Waals surface area contributed by atoms with Crippen molar-refractivity contribution in [3.63, 3.8) is 0 Å². The zero-order valence-electron chi connectivity index (χ0n) is 12.7. The van der Waals surface area contributed by atoms with Crippen molar-refractivity contribution in [1.82, 2.24) is 4.98 Å². The van der Waals surface area contributed by atoms with E-state index in [-0.39, 0.29) is 5.91 Å². The highest BCUT2D eigenvalue weighted by Gasteiger charge is 2.16. The maximum absolute atomic E-state index is 12.4. The third-order valence-corrected chi connectivity index (χ3v) is 4.44. The second-order valence-corrected chi connectivity index (χ2v) is 6.36. The van der Waals surface area contributed by atoms with Gasteiger partial charge in [-0.05, 0) is 49.1 Å². The number of carbonyl (C=O) groups excluding carboxylic acids is 1. The third-order valence-electron chi connectivity index (χ3n) is 3.67. The number of hydrogen-bond acceptors (Lipinski definition) is 3. The Morgan fingerprint density at radius 3 is 3.00 bits per heavy atom. The Hall–Kier alpha value is -2.20. The normalized spacial score (nSPS) is 13.7. The highest BCUT2D eigenvalue weighted by Crippen LogP contribution is 2.27. The van der Waals surface area contributed by atoms with E-state index in [9.17, 15) is 4.79 Å². The highest BCUT2D eigenvalue weighted by molar-refractivity contribution is 7.09. The Kier molecular flexibility index (Phi) is 4.20. The smallest absolute Gasteiger partial charge is 0.251 e. The van der Waals surface area contributed by atoms with Gasteiger partial charge in [0.2, 0.25) is 0 Å². The average molecular weight is 310 g/mol. The van der Waals surface area contributed by atoms with Crippen molar-refractivity contribution in [3.05, 3.63) is 63.6 Å². The van der Waals surface area contributed by atoms with Crippen molar-refractivity contribution >= 4 is 28.5 Å². The minimum atomic E-state index is -0.0357. The van der Waals surface area contributed by atoms with Crippen LogP contribution in [-0.2, 0) is 11.2 Å². The molecule has 0 spiro atoms. The molecule has 1 aliphatic rings. The molecule has 0 saturated carbocycles. The van der Waals surface area contributed by atoms with Gasteiger partial charge in [0.25, 0.3) is 5.91 Å². The van der Waals surface area contributed by atoms with Crippen LogP contribution in [-0.4, -0.2) is 10.9 Å². The summed E-state index contributed by atoms with van der Waals surface area (Å²) in [5.74, 6) is -0.0357. The number of allylic oxidation sites excluding steroid dienone is 3. The molecule has 1 N–H and O–H groups in total. The molecule has 4 heteroatoms. The SMILES string of the molecule is CCc1cccc(NC(=O)C2=CC(c3csc(C)n3)=CC2)c1. The van der Waals surface area contributed by atoms with Crippen LogP contribution in [0.2, 0.25) is 0 Å². The summed E-state index contributed by atoms with van der Waals surface area (Å²) in [6.45, 7) is 4.09. The van der Waals surface area contributed by atoms with Gasteiger partial charge in [-0.25, -0.2) is 4.98 Å². The van der Waals surface area contributed by atoms with Crippen molar-refractivity contribution in [2.24, 2.45) is 0 Å². The number of rotatable bonds is 4. The van der Waals surface area contributed by atoms with Crippen molar-refractivity contribution in [3.8, 4) is 0 Å². The van der Waals surface area contributed by atoms with Crippen LogP contribution in [0.25, 0.3) is 5.57 Å². The number of thiazole rings is 1. The molecule has 2 aromatic rings. The van der Waals surface area contributed by atoms with E-state index in [0.29, 0.717) is 6.42 Å². The van der Waals surface area contributed by atoms with Crippen molar-refractivity contribution in [2.45, 2.75) is 26.7 Å². The zero-order chi connectivity index (χ0) is 15.5. The fraction of sp³-hybridized carbons (Fsp3) is 0.222. The van der Waals surface area contributed by atoms with E-state index in [1.54, 1.807) is 11.3 Å². The first-order chi connectivity index (χ1) is 10.7. The molecule has 1 aromatic carbocycles. The van der Waals surface area contributed by atoms with Gasteiger partial charge in [-0.1, -0.05) is 25.1 Å². The second-order valence-electron chi connectivity index (χ2n) is 5.29. The number of nitrogens with zero attached hydrogens (tertiary/aromatic N) is 1. The molecule has 0 fully saturated rings. The fourth-order valence-electron chi connectivity index (χ4n) is 2.44. The molecular weight excluding hydrogens is 292 g/mol. The number of amides is 1. The van der Waals surface area contributed by atoms with Crippen LogP contribution in [0.4, 0.5) is 5.69 Å². The van der Waals surface area contributed by atoms with E-state index in [4.69, 9.17) is 0 Å². The van der Waals surface area contributed by atoms with Gasteiger partial charge in [-0.3, -0.25) is 4.79 Å². The zero-order valence-corrected chi connectivity index (χ0v) is 13.5. The quantitative estimate of drug-likeness (QED) is 0.911. The molecule has 3 rings (SSSR count). The fourth-order valence-corrected chi connectivity index (χ4v) is 3.06. The maximum atomic E-state index is 12.4. The summed E-state index contributed by atoms with van der Waals surface area (Å²) in [6, 6.07) is 7.98. The van der Waals surface area contributed by atoms with Gasteiger partial charge in [0.05, 0.1) is 10.7 Å². The molecule has 0 saturated heterocycles. The number of benzene rings is 1. The summed E-state index contributed by atoms with van der Waals surface area (Å²) < 4.78 is 0. The largest absolute Gasteiger partial charge is 0.322 e. The summed E-state index contributed by atoms with van der Waals surface area (Å²) in [5, 5.41) is 6.05. The van der Waals surface area contributed by atoms with Gasteiger partial charge < -0.3 is 5.32 Å². The average Bonchev–Trinajstić information content (AvgIpc) is 3.16. The molecule has 0 bridgehead atoms. The molecule has 0 aliphatic heterocycles. The maximum Gasteiger partial charge on any atom is 0.251 e. The molecule has 0 atom stereocenters. The van der Waals surface area contributed by atoms with Gasteiger partial charge in [-0.2, -0.15) is 0 Å². The lowest BCUT2D eigenvalue weighted by atomic mass is 10.1. The van der Waals surface area contributed by atoms with Gasteiger partial charge >= 0.3 is 0 Å². The number of hydrogen-bond donors (Lipinski definition) is 1. The molecule has 1 aromatic heterocycles. The predicted octanol–water partition coefficient (Wildman–Crippen LogP) is 4.37. The Morgan fingerprint density at radius 1 is 1.41 bits per heavy atom. The Balaban J connectivity index is 1.71. The van der Waals surface area contributed by atoms with Gasteiger partial charge in [-0.15, -0.1) is 11.3 Å². The van der Waals surface area contributed by atoms with Crippen LogP contribution < -0.4 is 5.32 Å². The monoisotopic (exact) mass is 310 g/mol. The highest BCUT2D eigenvalue weighted by atomic mass is 32.1. The summed E-state index contributed by atoms with van der Waals surface area (Å²) in [7, 11) is 0. The molecule has 112 valence electrons. The van der Waals surface area contributed by atoms with E-state index in [2.05, 4.69) is 29.4 Å². The lowest BCUT2D eigenvalue weighted by molar-refractivity contribution is -0.112. The number of anilines is 1. The van der Waals surface area contributed by atoms with Crippen LogP contribution in [0.5, 0.6) is 0 Å². The molecule has 0 radical (unpaired) electrons. The minimum absolute atomic E-state index is 0.0357. The first kappa shape index (κ1) is 14.7. The van der Waals surface area contributed by atoms with Crippen molar-refractivity contribution in [2.75, 3.05) is 5.32 Å². The minimum Gasteiger partial charge on any atom is -0.322 e. The van der Waals surface area contributed by atoms with Crippen LogP contribution in [0.3, 0.4) is 0 Å². The standard InChI is InChI=1S/C18H18N2OS/c1-3-13-5-4-6-16(9-13)20-18(21)15-8-7-14(10-15)17-11-22-12(2)19-17/h4-7,9-11H,3,8H2,1-2H3,(H,20,21). The topological polar surface area (TPSA) is 42.0 Å². The third kappa shape index (κ3) is 3.17. The molecule has 1 amide bonds. The Labute approximate surface area is 134 Å².